The number of aliphatic carboxylic acids is 1. The topological polar surface area (TPSA) is 173 Å². The summed E-state index contributed by atoms with van der Waals surface area (Å²) >= 11 is 0. The Morgan fingerprint density at radius 3 is 1.51 bits per heavy atom. The molecule has 0 spiro atoms. The van der Waals surface area contributed by atoms with Crippen LogP contribution in [0.15, 0.2) is 36.4 Å². The fourth-order valence-electron chi connectivity index (χ4n) is 3.87. The summed E-state index contributed by atoms with van der Waals surface area (Å²) in [5.74, 6) is -3.25. The van der Waals surface area contributed by atoms with E-state index in [1.165, 1.54) is 12.1 Å². The van der Waals surface area contributed by atoms with Crippen molar-refractivity contribution in [1.82, 2.24) is 24.7 Å². The summed E-state index contributed by atoms with van der Waals surface area (Å²) in [5, 5.41) is 27.7. The number of aromatic nitrogens is 2. The highest BCUT2D eigenvalue weighted by Gasteiger charge is 2.21. The van der Waals surface area contributed by atoms with Crippen LogP contribution in [0, 0.1) is 0 Å². The van der Waals surface area contributed by atoms with Gasteiger partial charge in [-0.1, -0.05) is 12.1 Å². The molecule has 3 rings (SSSR count). The molecule has 188 valence electrons. The summed E-state index contributed by atoms with van der Waals surface area (Å²) < 4.78 is 0. The van der Waals surface area contributed by atoms with Crippen molar-refractivity contribution in [1.29, 1.82) is 0 Å². The molecule has 2 aromatic rings. The molecule has 1 unspecified atom stereocenters. The normalized spacial score (nSPS) is 17.2. The van der Waals surface area contributed by atoms with Gasteiger partial charge in [-0.3, -0.25) is 19.5 Å². The Balaban J connectivity index is 1.75. The molecule has 0 aromatic carbocycles. The summed E-state index contributed by atoms with van der Waals surface area (Å²) in [6.45, 7) is 4.75. The fraction of sp³-hybridized carbons (Fsp3) is 0.435. The molecule has 0 bridgehead atoms. The number of nitrogens with two attached hydrogens (primary N) is 1. The van der Waals surface area contributed by atoms with Crippen LogP contribution in [0.1, 0.15) is 32.4 Å². The van der Waals surface area contributed by atoms with E-state index >= 15 is 0 Å². The van der Waals surface area contributed by atoms with Crippen molar-refractivity contribution in [2.24, 2.45) is 5.73 Å². The lowest BCUT2D eigenvalue weighted by molar-refractivity contribution is -0.139. The second kappa shape index (κ2) is 12.3. The van der Waals surface area contributed by atoms with Gasteiger partial charge in [0.25, 0.3) is 0 Å². The van der Waals surface area contributed by atoms with Gasteiger partial charge in [0.05, 0.1) is 11.4 Å². The molecule has 1 fully saturated rings. The first-order valence-corrected chi connectivity index (χ1v) is 11.2. The molecule has 0 amide bonds. The molecule has 5 N–H and O–H groups in total. The molecule has 12 heteroatoms. The minimum atomic E-state index is -1.09. The standard InChI is InChI=1S/C23H30N6O6/c24-18(21(30)31)15-29-11-9-27(13-16-3-1-5-19(25-16)22(32)33)7-8-28(10-12-29)14-17-4-2-6-20(26-17)23(34)35/h1-6,18H,7-15,24H2,(H,30,31)(H,32,33)(H,34,35). The van der Waals surface area contributed by atoms with Crippen molar-refractivity contribution in [2.45, 2.75) is 19.1 Å². The van der Waals surface area contributed by atoms with Crippen LogP contribution in [0.25, 0.3) is 0 Å². The van der Waals surface area contributed by atoms with Gasteiger partial charge in [0.15, 0.2) is 0 Å². The average Bonchev–Trinajstić information content (AvgIpc) is 2.91. The quantitative estimate of drug-likeness (QED) is 0.371. The van der Waals surface area contributed by atoms with E-state index in [4.69, 9.17) is 5.73 Å². The van der Waals surface area contributed by atoms with Crippen LogP contribution in [0.5, 0.6) is 0 Å². The summed E-state index contributed by atoms with van der Waals surface area (Å²) in [5.41, 5.74) is 6.99. The molecule has 3 heterocycles. The van der Waals surface area contributed by atoms with Crippen LogP contribution in [-0.2, 0) is 17.9 Å². The van der Waals surface area contributed by atoms with Gasteiger partial charge in [-0.05, 0) is 24.3 Å². The number of rotatable bonds is 9. The summed E-state index contributed by atoms with van der Waals surface area (Å²) in [6.07, 6.45) is 0. The maximum Gasteiger partial charge on any atom is 0.354 e. The van der Waals surface area contributed by atoms with Gasteiger partial charge in [-0.25, -0.2) is 19.6 Å². The molecule has 1 saturated heterocycles. The van der Waals surface area contributed by atoms with E-state index in [1.54, 1.807) is 24.3 Å². The highest BCUT2D eigenvalue weighted by molar-refractivity contribution is 5.85. The van der Waals surface area contributed by atoms with Gasteiger partial charge in [-0.15, -0.1) is 0 Å². The Labute approximate surface area is 202 Å². The van der Waals surface area contributed by atoms with E-state index in [2.05, 4.69) is 19.8 Å². The monoisotopic (exact) mass is 486 g/mol. The van der Waals surface area contributed by atoms with E-state index in [1.807, 2.05) is 4.90 Å². The highest BCUT2D eigenvalue weighted by atomic mass is 16.4. The zero-order valence-electron chi connectivity index (χ0n) is 19.3. The molecule has 0 aliphatic carbocycles. The van der Waals surface area contributed by atoms with Crippen LogP contribution in [0.4, 0.5) is 0 Å². The average molecular weight is 487 g/mol. The van der Waals surface area contributed by atoms with E-state index in [9.17, 15) is 29.7 Å². The number of carboxylic acids is 3. The Morgan fingerprint density at radius 2 is 1.14 bits per heavy atom. The number of nitrogens with zero attached hydrogens (tertiary/aromatic N) is 5. The van der Waals surface area contributed by atoms with Gasteiger partial charge in [0.2, 0.25) is 0 Å². The van der Waals surface area contributed by atoms with E-state index in [-0.39, 0.29) is 17.9 Å². The molecule has 0 radical (unpaired) electrons. The zero-order valence-corrected chi connectivity index (χ0v) is 19.3. The van der Waals surface area contributed by atoms with Gasteiger partial charge >= 0.3 is 17.9 Å². The first-order valence-electron chi connectivity index (χ1n) is 11.2. The molecule has 0 saturated carbocycles. The maximum atomic E-state index is 11.3. The molecule has 1 aliphatic heterocycles. The number of aromatic carboxylic acids is 2. The lowest BCUT2D eigenvalue weighted by Crippen LogP contribution is -2.46. The van der Waals surface area contributed by atoms with Crippen molar-refractivity contribution in [3.63, 3.8) is 0 Å². The lowest BCUT2D eigenvalue weighted by Gasteiger charge is -2.26. The SMILES string of the molecule is NC(CN1CCN(Cc2cccc(C(=O)O)n2)CCN(Cc2cccc(C(=O)O)n2)CC1)C(=O)O. The molecule has 2 aromatic heterocycles. The fourth-order valence-corrected chi connectivity index (χ4v) is 3.87. The molecular weight excluding hydrogens is 456 g/mol. The number of carbonyl (C=O) groups is 3. The third-order valence-electron chi connectivity index (χ3n) is 5.79. The number of hydrogen-bond acceptors (Lipinski definition) is 9. The zero-order chi connectivity index (χ0) is 25.4. The Bertz CT molecular complexity index is 979. The summed E-state index contributed by atoms with van der Waals surface area (Å²) in [4.78, 5) is 48.5. The van der Waals surface area contributed by atoms with Crippen LogP contribution < -0.4 is 5.73 Å². The van der Waals surface area contributed by atoms with Gasteiger partial charge in [0.1, 0.15) is 17.4 Å². The van der Waals surface area contributed by atoms with Crippen LogP contribution in [0.3, 0.4) is 0 Å². The summed E-state index contributed by atoms with van der Waals surface area (Å²) in [7, 11) is 0. The molecule has 12 nitrogen and oxygen atoms in total. The molecular formula is C23H30N6O6. The van der Waals surface area contributed by atoms with Crippen molar-refractivity contribution < 1.29 is 29.7 Å². The van der Waals surface area contributed by atoms with Crippen molar-refractivity contribution in [2.75, 3.05) is 45.8 Å². The van der Waals surface area contributed by atoms with Crippen molar-refractivity contribution in [3.05, 3.63) is 59.2 Å². The third-order valence-corrected chi connectivity index (χ3v) is 5.79. The minimum absolute atomic E-state index is 0.0214. The van der Waals surface area contributed by atoms with E-state index < -0.39 is 23.9 Å². The van der Waals surface area contributed by atoms with Gasteiger partial charge in [0, 0.05) is 58.9 Å². The number of carboxylic acid groups (broad SMARTS) is 3. The molecule has 1 atom stereocenters. The lowest BCUT2D eigenvalue weighted by atomic mass is 10.2. The Morgan fingerprint density at radius 1 is 0.743 bits per heavy atom. The Hall–Kier alpha value is -3.45. The van der Waals surface area contributed by atoms with Gasteiger partial charge < -0.3 is 21.1 Å². The molecule has 35 heavy (non-hydrogen) atoms. The third kappa shape index (κ3) is 8.07. The van der Waals surface area contributed by atoms with Gasteiger partial charge in [-0.2, -0.15) is 0 Å². The van der Waals surface area contributed by atoms with Crippen LogP contribution in [-0.4, -0.2) is 110 Å². The smallest absolute Gasteiger partial charge is 0.354 e. The first-order chi connectivity index (χ1) is 16.7. The van der Waals surface area contributed by atoms with E-state index in [0.29, 0.717) is 63.7 Å². The number of pyridine rings is 2. The largest absolute Gasteiger partial charge is 0.480 e. The number of hydrogen-bond donors (Lipinski definition) is 4. The first kappa shape index (κ1) is 26.2. The maximum absolute atomic E-state index is 11.3. The minimum Gasteiger partial charge on any atom is -0.480 e. The summed E-state index contributed by atoms with van der Waals surface area (Å²) in [6, 6.07) is 8.74. The van der Waals surface area contributed by atoms with Crippen molar-refractivity contribution >= 4 is 17.9 Å². The second-order valence-electron chi connectivity index (χ2n) is 8.44. The predicted octanol–water partition coefficient (Wildman–Crippen LogP) is -0.0953. The van der Waals surface area contributed by atoms with E-state index in [0.717, 1.165) is 0 Å². The highest BCUT2D eigenvalue weighted by Crippen LogP contribution is 2.10. The predicted molar refractivity (Wildman–Crippen MR) is 125 cm³/mol. The Kier molecular flexibility index (Phi) is 9.20. The van der Waals surface area contributed by atoms with Crippen LogP contribution in [0.2, 0.25) is 0 Å². The van der Waals surface area contributed by atoms with Crippen molar-refractivity contribution in [3.8, 4) is 0 Å². The van der Waals surface area contributed by atoms with Crippen LogP contribution >= 0.6 is 0 Å². The molecule has 1 aliphatic rings. The second-order valence-corrected chi connectivity index (χ2v) is 8.44.